The Balaban J connectivity index is 1.37. The zero-order valence-electron chi connectivity index (χ0n) is 24.4. The molecule has 1 amide bonds. The van der Waals surface area contributed by atoms with Crippen molar-refractivity contribution in [1.29, 1.82) is 0 Å². The summed E-state index contributed by atoms with van der Waals surface area (Å²) in [5.74, 6) is -0.835. The second-order valence-electron chi connectivity index (χ2n) is 11.4. The highest BCUT2D eigenvalue weighted by Crippen LogP contribution is 2.37. The van der Waals surface area contributed by atoms with Gasteiger partial charge in [0.2, 0.25) is 0 Å². The molecule has 0 radical (unpaired) electrons. The van der Waals surface area contributed by atoms with Crippen molar-refractivity contribution >= 4 is 16.8 Å². The molecule has 0 saturated carbocycles. The lowest BCUT2D eigenvalue weighted by Gasteiger charge is -2.43. The Morgan fingerprint density at radius 2 is 1.70 bits per heavy atom. The first-order valence-electron chi connectivity index (χ1n) is 14.6. The summed E-state index contributed by atoms with van der Waals surface area (Å²) in [4.78, 5) is 22.9. The van der Waals surface area contributed by atoms with Crippen molar-refractivity contribution in [1.82, 2.24) is 19.7 Å². The molecule has 1 aromatic heterocycles. The summed E-state index contributed by atoms with van der Waals surface area (Å²) in [5, 5.41) is 1.03. The van der Waals surface area contributed by atoms with E-state index in [0.29, 0.717) is 64.4 Å². The molecule has 0 aliphatic carbocycles. The Morgan fingerprint density at radius 1 is 0.977 bits per heavy atom. The standard InChI is InChI=1S/C31H36F6N4O3/c1-43-19-26-20-44-13-12-40(26)10-8-39-9-11-41(25(18-39)7-6-21-17-38-28-5-3-2-4-27(21)28)29(42)22-14-23(30(32,33)34)16-24(15-22)31(35,36)37/h2-5,14-17,25-26,38H,6-13,18-20H2,1H3/t25-,26-/m1/s1. The molecule has 1 N–H and O–H groups in total. The van der Waals surface area contributed by atoms with Gasteiger partial charge < -0.3 is 19.4 Å². The Morgan fingerprint density at radius 3 is 2.41 bits per heavy atom. The minimum absolute atomic E-state index is 0.0473. The SMILES string of the molecule is COC[C@@H]1COCCN1CCN1CCN(C(=O)c2cc(C(F)(F)F)cc(C(F)(F)F)c2)[C@H](CCc2c[nH]c3ccccc23)C1. The molecule has 2 aliphatic heterocycles. The number of aromatic amines is 1. The number of nitrogens with one attached hydrogen (secondary N) is 1. The van der Waals surface area contributed by atoms with Crippen LogP contribution in [0.5, 0.6) is 0 Å². The number of nitrogens with zero attached hydrogens (tertiary/aromatic N) is 3. The Bertz CT molecular complexity index is 1390. The molecule has 7 nitrogen and oxygen atoms in total. The fraction of sp³-hybridized carbons (Fsp3) is 0.516. The van der Waals surface area contributed by atoms with Crippen LogP contribution in [0.3, 0.4) is 0 Å². The number of fused-ring (bicyclic) bond motifs is 1. The van der Waals surface area contributed by atoms with Gasteiger partial charge in [0.25, 0.3) is 5.91 Å². The second-order valence-corrected chi connectivity index (χ2v) is 11.4. The zero-order chi connectivity index (χ0) is 31.5. The number of hydrogen-bond donors (Lipinski definition) is 1. The van der Waals surface area contributed by atoms with Crippen LogP contribution in [0.4, 0.5) is 26.3 Å². The average molecular weight is 627 g/mol. The van der Waals surface area contributed by atoms with Gasteiger partial charge in [-0.25, -0.2) is 0 Å². The molecule has 0 unspecified atom stereocenters. The van der Waals surface area contributed by atoms with Crippen molar-refractivity contribution in [2.24, 2.45) is 0 Å². The van der Waals surface area contributed by atoms with Crippen molar-refractivity contribution in [3.63, 3.8) is 0 Å². The third-order valence-electron chi connectivity index (χ3n) is 8.50. The van der Waals surface area contributed by atoms with E-state index in [1.54, 1.807) is 7.11 Å². The number of alkyl halides is 6. The first-order valence-corrected chi connectivity index (χ1v) is 14.6. The van der Waals surface area contributed by atoms with Gasteiger partial charge in [0.05, 0.1) is 37.0 Å². The number of H-pyrrole nitrogens is 1. The predicted molar refractivity (Wildman–Crippen MR) is 152 cm³/mol. The predicted octanol–water partition coefficient (Wildman–Crippen LogP) is 5.31. The monoisotopic (exact) mass is 626 g/mol. The summed E-state index contributed by atoms with van der Waals surface area (Å²) in [5.41, 5.74) is -1.63. The van der Waals surface area contributed by atoms with Gasteiger partial charge in [0.15, 0.2) is 0 Å². The average Bonchev–Trinajstić information content (AvgIpc) is 3.41. The van der Waals surface area contributed by atoms with Gasteiger partial charge in [-0.05, 0) is 42.7 Å². The Kier molecular flexibility index (Phi) is 9.88. The second kappa shape index (κ2) is 13.5. The largest absolute Gasteiger partial charge is 0.416 e. The zero-order valence-corrected chi connectivity index (χ0v) is 24.4. The molecule has 2 aromatic carbocycles. The maximum Gasteiger partial charge on any atom is 0.416 e. The van der Waals surface area contributed by atoms with Crippen LogP contribution < -0.4 is 0 Å². The van der Waals surface area contributed by atoms with Crippen LogP contribution in [-0.2, 0) is 28.2 Å². The topological polar surface area (TPSA) is 61.0 Å². The van der Waals surface area contributed by atoms with Crippen LogP contribution >= 0.6 is 0 Å². The number of hydrogen-bond acceptors (Lipinski definition) is 5. The lowest BCUT2D eigenvalue weighted by atomic mass is 9.99. The number of morpholine rings is 1. The van der Waals surface area contributed by atoms with Crippen molar-refractivity contribution in [2.75, 3.05) is 66.2 Å². The Hall–Kier alpha value is -3.13. The molecule has 5 rings (SSSR count). The third-order valence-corrected chi connectivity index (χ3v) is 8.50. The number of rotatable bonds is 9. The van der Waals surface area contributed by atoms with Crippen LogP contribution in [-0.4, -0.2) is 104 Å². The van der Waals surface area contributed by atoms with Crippen molar-refractivity contribution in [3.05, 3.63) is 70.9 Å². The lowest BCUT2D eigenvalue weighted by molar-refractivity contribution is -0.143. The molecule has 240 valence electrons. The fourth-order valence-corrected chi connectivity index (χ4v) is 6.14. The van der Waals surface area contributed by atoms with Crippen molar-refractivity contribution < 1.29 is 40.6 Å². The Labute approximate surface area is 251 Å². The molecular weight excluding hydrogens is 590 g/mol. The van der Waals surface area contributed by atoms with Gasteiger partial charge in [-0.15, -0.1) is 0 Å². The summed E-state index contributed by atoms with van der Waals surface area (Å²) < 4.78 is 92.3. The normalized spacial score (nSPS) is 20.8. The molecular formula is C31H36F6N4O3. The first-order chi connectivity index (χ1) is 20.9. The molecule has 2 aliphatic rings. The van der Waals surface area contributed by atoms with Crippen molar-refractivity contribution in [2.45, 2.75) is 37.3 Å². The molecule has 0 spiro atoms. The van der Waals surface area contributed by atoms with Gasteiger partial charge in [-0.1, -0.05) is 18.2 Å². The van der Waals surface area contributed by atoms with E-state index in [4.69, 9.17) is 9.47 Å². The number of benzene rings is 2. The minimum Gasteiger partial charge on any atom is -0.383 e. The number of ether oxygens (including phenoxy) is 2. The van der Waals surface area contributed by atoms with Crippen LogP contribution in [0, 0.1) is 0 Å². The van der Waals surface area contributed by atoms with Crippen LogP contribution in [0.25, 0.3) is 10.9 Å². The number of carbonyl (C=O) groups is 1. The molecule has 2 saturated heterocycles. The van der Waals surface area contributed by atoms with E-state index in [0.717, 1.165) is 29.6 Å². The van der Waals surface area contributed by atoms with Gasteiger partial charge in [-0.3, -0.25) is 14.6 Å². The lowest BCUT2D eigenvalue weighted by Crippen LogP contribution is -2.57. The van der Waals surface area contributed by atoms with Crippen molar-refractivity contribution in [3.8, 4) is 0 Å². The smallest absolute Gasteiger partial charge is 0.383 e. The molecule has 13 heteroatoms. The number of aryl methyl sites for hydroxylation is 1. The summed E-state index contributed by atoms with van der Waals surface area (Å²) in [6.45, 7) is 4.97. The molecule has 44 heavy (non-hydrogen) atoms. The molecule has 2 fully saturated rings. The number of carbonyl (C=O) groups excluding carboxylic acids is 1. The summed E-state index contributed by atoms with van der Waals surface area (Å²) in [7, 11) is 1.64. The van der Waals surface area contributed by atoms with E-state index in [2.05, 4.69) is 14.8 Å². The summed E-state index contributed by atoms with van der Waals surface area (Å²) in [6.07, 6.45) is -7.12. The van der Waals surface area contributed by atoms with Crippen LogP contribution in [0.1, 0.15) is 33.5 Å². The van der Waals surface area contributed by atoms with E-state index in [9.17, 15) is 31.1 Å². The number of amides is 1. The summed E-state index contributed by atoms with van der Waals surface area (Å²) in [6, 6.07) is 8.56. The molecule has 0 bridgehead atoms. The van der Waals surface area contributed by atoms with Gasteiger partial charge in [0, 0.05) is 75.1 Å². The number of aromatic nitrogens is 1. The van der Waals surface area contributed by atoms with Gasteiger partial charge in [0.1, 0.15) is 0 Å². The maximum atomic E-state index is 13.7. The van der Waals surface area contributed by atoms with E-state index in [1.165, 1.54) is 4.90 Å². The highest BCUT2D eigenvalue weighted by atomic mass is 19.4. The quantitative estimate of drug-likeness (QED) is 0.327. The van der Waals surface area contributed by atoms with Gasteiger partial charge >= 0.3 is 12.4 Å². The van der Waals surface area contributed by atoms with Crippen LogP contribution in [0.15, 0.2) is 48.7 Å². The highest BCUT2D eigenvalue weighted by molar-refractivity contribution is 5.95. The van der Waals surface area contributed by atoms with E-state index >= 15 is 0 Å². The minimum atomic E-state index is -5.04. The van der Waals surface area contributed by atoms with E-state index in [1.807, 2.05) is 30.5 Å². The molecule has 2 atom stereocenters. The summed E-state index contributed by atoms with van der Waals surface area (Å²) >= 11 is 0. The molecule has 3 aromatic rings. The maximum absolute atomic E-state index is 13.7. The number of halogens is 6. The molecule has 3 heterocycles. The fourth-order valence-electron chi connectivity index (χ4n) is 6.14. The van der Waals surface area contributed by atoms with Gasteiger partial charge in [-0.2, -0.15) is 26.3 Å². The first kappa shape index (κ1) is 32.3. The number of para-hydroxylation sites is 1. The van der Waals surface area contributed by atoms with Crippen LogP contribution in [0.2, 0.25) is 0 Å². The number of piperazine rings is 1. The van der Waals surface area contributed by atoms with E-state index < -0.39 is 41.0 Å². The van der Waals surface area contributed by atoms with E-state index in [-0.39, 0.29) is 18.7 Å². The number of methoxy groups -OCH3 is 1. The third kappa shape index (κ3) is 7.56. The highest BCUT2D eigenvalue weighted by Gasteiger charge is 2.39.